The van der Waals surface area contributed by atoms with Crippen molar-refractivity contribution in [2.24, 2.45) is 4.99 Å². The van der Waals surface area contributed by atoms with E-state index in [1.165, 1.54) is 6.07 Å². The second-order valence-corrected chi connectivity index (χ2v) is 7.65. The summed E-state index contributed by atoms with van der Waals surface area (Å²) in [6.07, 6.45) is 2.53. The van der Waals surface area contributed by atoms with E-state index >= 15 is 0 Å². The first-order chi connectivity index (χ1) is 15.7. The summed E-state index contributed by atoms with van der Waals surface area (Å²) in [7, 11) is 0. The fraction of sp³-hybridized carbons (Fsp3) is 0.500. The topological polar surface area (TPSA) is 71.0 Å². The first-order valence-corrected chi connectivity index (χ1v) is 11.3. The Morgan fingerprint density at radius 2 is 2.00 bits per heavy atom. The van der Waals surface area contributed by atoms with E-state index < -0.39 is 0 Å². The van der Waals surface area contributed by atoms with E-state index in [-0.39, 0.29) is 35.8 Å². The van der Waals surface area contributed by atoms with Gasteiger partial charge in [-0.1, -0.05) is 24.3 Å². The van der Waals surface area contributed by atoms with Crippen LogP contribution in [-0.4, -0.2) is 56.4 Å². The lowest BCUT2D eigenvalue weighted by molar-refractivity contribution is 0.0453. The number of guanidine groups is 1. The summed E-state index contributed by atoms with van der Waals surface area (Å²) in [4.78, 5) is 10.9. The van der Waals surface area contributed by atoms with Crippen molar-refractivity contribution < 1.29 is 13.9 Å². The quantitative estimate of drug-likeness (QED) is 0.186. The Labute approximate surface area is 213 Å². The van der Waals surface area contributed by atoms with E-state index in [0.717, 1.165) is 36.6 Å². The average molecular weight is 571 g/mol. The van der Waals surface area contributed by atoms with Crippen LogP contribution in [0.3, 0.4) is 0 Å². The Kier molecular flexibility index (Phi) is 12.4. The summed E-state index contributed by atoms with van der Waals surface area (Å²) in [6.45, 7) is 9.27. The van der Waals surface area contributed by atoms with E-state index in [2.05, 4.69) is 33.8 Å². The van der Waals surface area contributed by atoms with Gasteiger partial charge in [0.05, 0.1) is 26.4 Å². The highest BCUT2D eigenvalue weighted by atomic mass is 127. The zero-order chi connectivity index (χ0) is 22.6. The molecule has 1 saturated heterocycles. The first-order valence-electron chi connectivity index (χ1n) is 11.3. The van der Waals surface area contributed by atoms with Crippen LogP contribution in [-0.2, 0) is 22.6 Å². The number of aliphatic imine (C=N–C) groups is 1. The van der Waals surface area contributed by atoms with Gasteiger partial charge >= 0.3 is 0 Å². The third kappa shape index (κ3) is 9.05. The van der Waals surface area contributed by atoms with Crippen LogP contribution in [0, 0.1) is 5.82 Å². The number of pyridine rings is 1. The largest absolute Gasteiger partial charge is 0.379 e. The van der Waals surface area contributed by atoms with Crippen LogP contribution < -0.4 is 15.5 Å². The van der Waals surface area contributed by atoms with Gasteiger partial charge in [-0.05, 0) is 43.5 Å². The van der Waals surface area contributed by atoms with E-state index in [1.807, 2.05) is 24.8 Å². The number of halogens is 2. The van der Waals surface area contributed by atoms with Crippen molar-refractivity contribution in [2.75, 3.05) is 44.4 Å². The van der Waals surface area contributed by atoms with Gasteiger partial charge in [-0.3, -0.25) is 0 Å². The highest BCUT2D eigenvalue weighted by Crippen LogP contribution is 2.20. The molecule has 1 aliphatic rings. The van der Waals surface area contributed by atoms with Crippen LogP contribution in [0.5, 0.6) is 0 Å². The molecular formula is C24H35FIN5O2. The number of aromatic nitrogens is 1. The molecule has 3 rings (SSSR count). The molecular weight excluding hydrogens is 536 g/mol. The number of hydrogen-bond donors (Lipinski definition) is 2. The molecule has 0 bridgehead atoms. The molecule has 2 N–H and O–H groups in total. The number of benzene rings is 1. The average Bonchev–Trinajstić information content (AvgIpc) is 3.26. The maximum atomic E-state index is 14.0. The maximum absolute atomic E-state index is 14.0. The first kappa shape index (κ1) is 27.3. The molecule has 182 valence electrons. The van der Waals surface area contributed by atoms with Crippen molar-refractivity contribution in [2.45, 2.75) is 39.5 Å². The summed E-state index contributed by atoms with van der Waals surface area (Å²) >= 11 is 0. The number of hydrogen-bond acceptors (Lipinski definition) is 5. The third-order valence-corrected chi connectivity index (χ3v) is 5.17. The molecule has 0 radical (unpaired) electrons. The molecule has 1 fully saturated rings. The fourth-order valence-corrected chi connectivity index (χ4v) is 3.63. The number of anilines is 1. The summed E-state index contributed by atoms with van der Waals surface area (Å²) in [5, 5.41) is 6.79. The van der Waals surface area contributed by atoms with Crippen molar-refractivity contribution in [1.82, 2.24) is 15.6 Å². The molecule has 1 atom stereocenters. The Morgan fingerprint density at radius 3 is 2.79 bits per heavy atom. The summed E-state index contributed by atoms with van der Waals surface area (Å²) in [6, 6.07) is 11.5. The third-order valence-electron chi connectivity index (χ3n) is 5.17. The normalized spacial score (nSPS) is 15.9. The van der Waals surface area contributed by atoms with Crippen molar-refractivity contribution >= 4 is 35.8 Å². The van der Waals surface area contributed by atoms with Crippen LogP contribution >= 0.6 is 24.0 Å². The molecule has 0 aliphatic carbocycles. The van der Waals surface area contributed by atoms with Gasteiger partial charge in [-0.2, -0.15) is 0 Å². The van der Waals surface area contributed by atoms with Crippen molar-refractivity contribution in [3.05, 3.63) is 59.5 Å². The Hall–Kier alpha value is -1.98. The number of nitrogens with one attached hydrogen (secondary N) is 2. The SMILES string of the molecule is CCNC(=NCc1cccc(COCCOCC)c1)NC1CCN(c2ncccc2F)C1.I. The van der Waals surface area contributed by atoms with Gasteiger partial charge in [0.1, 0.15) is 0 Å². The lowest BCUT2D eigenvalue weighted by atomic mass is 10.1. The van der Waals surface area contributed by atoms with Crippen molar-refractivity contribution in [1.29, 1.82) is 0 Å². The molecule has 7 nitrogen and oxygen atoms in total. The van der Waals surface area contributed by atoms with Gasteiger partial charge in [0.15, 0.2) is 17.6 Å². The zero-order valence-corrected chi connectivity index (χ0v) is 21.8. The van der Waals surface area contributed by atoms with E-state index in [9.17, 15) is 4.39 Å². The molecule has 1 aromatic carbocycles. The minimum atomic E-state index is -0.282. The smallest absolute Gasteiger partial charge is 0.191 e. The van der Waals surface area contributed by atoms with Crippen LogP contribution in [0.25, 0.3) is 0 Å². The van der Waals surface area contributed by atoms with E-state index in [0.29, 0.717) is 45.3 Å². The predicted octanol–water partition coefficient (Wildman–Crippen LogP) is 3.73. The Balaban J connectivity index is 0.00000385. The van der Waals surface area contributed by atoms with Gasteiger partial charge in [0.2, 0.25) is 0 Å². The number of nitrogens with zero attached hydrogens (tertiary/aromatic N) is 3. The Morgan fingerprint density at radius 1 is 1.18 bits per heavy atom. The van der Waals surface area contributed by atoms with Gasteiger partial charge in [0.25, 0.3) is 0 Å². The Bertz CT molecular complexity index is 870. The monoisotopic (exact) mass is 571 g/mol. The minimum absolute atomic E-state index is 0. The van der Waals surface area contributed by atoms with Crippen LogP contribution in [0.4, 0.5) is 10.2 Å². The van der Waals surface area contributed by atoms with Crippen LogP contribution in [0.1, 0.15) is 31.4 Å². The molecule has 0 spiro atoms. The van der Waals surface area contributed by atoms with Gasteiger partial charge in [0, 0.05) is 38.5 Å². The molecule has 33 heavy (non-hydrogen) atoms. The predicted molar refractivity (Wildman–Crippen MR) is 141 cm³/mol. The standard InChI is InChI=1S/C24H34FN5O2.HI/c1-3-26-24(29-21-10-12-30(17-21)23-22(25)9-6-11-27-23)28-16-19-7-5-8-20(15-19)18-32-14-13-31-4-2;/h5-9,11,15,21H,3-4,10,12-14,16-18H2,1-2H3,(H2,26,28,29);1H. The molecule has 2 heterocycles. The molecule has 1 aliphatic heterocycles. The van der Waals surface area contributed by atoms with Crippen LogP contribution in [0.2, 0.25) is 0 Å². The minimum Gasteiger partial charge on any atom is -0.379 e. The number of rotatable bonds is 11. The highest BCUT2D eigenvalue weighted by Gasteiger charge is 2.25. The molecule has 0 saturated carbocycles. The molecule has 9 heteroatoms. The zero-order valence-electron chi connectivity index (χ0n) is 19.4. The molecule has 1 unspecified atom stereocenters. The van der Waals surface area contributed by atoms with Crippen molar-refractivity contribution in [3.8, 4) is 0 Å². The fourth-order valence-electron chi connectivity index (χ4n) is 3.63. The lowest BCUT2D eigenvalue weighted by Gasteiger charge is -2.20. The molecule has 0 amide bonds. The second-order valence-electron chi connectivity index (χ2n) is 7.65. The van der Waals surface area contributed by atoms with Crippen molar-refractivity contribution in [3.63, 3.8) is 0 Å². The summed E-state index contributed by atoms with van der Waals surface area (Å²) < 4.78 is 25.0. The highest BCUT2D eigenvalue weighted by molar-refractivity contribution is 14.0. The molecule has 1 aromatic heterocycles. The second kappa shape index (κ2) is 15.0. The van der Waals surface area contributed by atoms with Gasteiger partial charge in [-0.25, -0.2) is 14.4 Å². The maximum Gasteiger partial charge on any atom is 0.191 e. The lowest BCUT2D eigenvalue weighted by Crippen LogP contribution is -2.44. The van der Waals surface area contributed by atoms with Gasteiger partial charge in [-0.15, -0.1) is 24.0 Å². The van der Waals surface area contributed by atoms with E-state index in [1.54, 1.807) is 12.3 Å². The van der Waals surface area contributed by atoms with Gasteiger partial charge < -0.3 is 25.0 Å². The summed E-state index contributed by atoms with van der Waals surface area (Å²) in [5.74, 6) is 0.897. The van der Waals surface area contributed by atoms with E-state index in [4.69, 9.17) is 14.5 Å². The van der Waals surface area contributed by atoms with Crippen LogP contribution in [0.15, 0.2) is 47.6 Å². The summed E-state index contributed by atoms with van der Waals surface area (Å²) in [5.41, 5.74) is 2.24. The number of ether oxygens (including phenoxy) is 2. The molecule has 2 aromatic rings.